The average molecular weight is 435 g/mol. The number of hydrogen-bond acceptors (Lipinski definition) is 4. The first-order chi connectivity index (χ1) is 13.9. The van der Waals surface area contributed by atoms with Gasteiger partial charge in [-0.2, -0.15) is 0 Å². The molecule has 29 heavy (non-hydrogen) atoms. The number of para-hydroxylation sites is 2. The van der Waals surface area contributed by atoms with Gasteiger partial charge in [-0.25, -0.2) is 0 Å². The SMILES string of the molecule is CN(CC(=O)Nc1ccccc1Cl)C(=O)CN1CCN(c2ccccc2Cl)CC1. The number of benzene rings is 2. The van der Waals surface area contributed by atoms with Gasteiger partial charge in [-0.1, -0.05) is 47.5 Å². The summed E-state index contributed by atoms with van der Waals surface area (Å²) in [5.74, 6) is -0.372. The van der Waals surface area contributed by atoms with Crippen molar-refractivity contribution in [1.29, 1.82) is 0 Å². The van der Waals surface area contributed by atoms with Crippen molar-refractivity contribution >= 4 is 46.4 Å². The van der Waals surface area contributed by atoms with Crippen molar-refractivity contribution in [3.8, 4) is 0 Å². The van der Waals surface area contributed by atoms with Gasteiger partial charge in [0.2, 0.25) is 11.8 Å². The van der Waals surface area contributed by atoms with Crippen molar-refractivity contribution < 1.29 is 9.59 Å². The number of rotatable bonds is 6. The fourth-order valence-electron chi connectivity index (χ4n) is 3.22. The second kappa shape index (κ2) is 9.96. The number of amides is 2. The molecule has 0 atom stereocenters. The molecule has 1 aliphatic rings. The molecule has 0 saturated carbocycles. The molecular weight excluding hydrogens is 411 g/mol. The van der Waals surface area contributed by atoms with E-state index in [0.29, 0.717) is 10.7 Å². The molecule has 1 saturated heterocycles. The highest BCUT2D eigenvalue weighted by molar-refractivity contribution is 6.33. The van der Waals surface area contributed by atoms with Crippen LogP contribution in [0.15, 0.2) is 48.5 Å². The van der Waals surface area contributed by atoms with Crippen LogP contribution in [0.25, 0.3) is 0 Å². The normalized spacial score (nSPS) is 14.5. The second-order valence-corrected chi connectivity index (χ2v) is 7.81. The Kier molecular flexibility index (Phi) is 7.36. The topological polar surface area (TPSA) is 55.9 Å². The predicted molar refractivity (Wildman–Crippen MR) is 118 cm³/mol. The van der Waals surface area contributed by atoms with Gasteiger partial charge in [-0.05, 0) is 24.3 Å². The third-order valence-corrected chi connectivity index (χ3v) is 5.53. The summed E-state index contributed by atoms with van der Waals surface area (Å²) in [6, 6.07) is 14.8. The van der Waals surface area contributed by atoms with E-state index < -0.39 is 0 Å². The first kappa shape index (κ1) is 21.4. The molecule has 0 spiro atoms. The first-order valence-corrected chi connectivity index (χ1v) is 10.2. The number of piperazine rings is 1. The van der Waals surface area contributed by atoms with Gasteiger partial charge in [0.25, 0.3) is 0 Å². The summed E-state index contributed by atoms with van der Waals surface area (Å²) in [4.78, 5) is 30.5. The fraction of sp³-hybridized carbons (Fsp3) is 0.333. The molecule has 1 fully saturated rings. The largest absolute Gasteiger partial charge is 0.368 e. The molecule has 154 valence electrons. The lowest BCUT2D eigenvalue weighted by molar-refractivity contribution is -0.134. The van der Waals surface area contributed by atoms with Gasteiger partial charge in [-0.15, -0.1) is 0 Å². The number of nitrogens with zero attached hydrogens (tertiary/aromatic N) is 3. The summed E-state index contributed by atoms with van der Waals surface area (Å²) >= 11 is 12.3. The summed E-state index contributed by atoms with van der Waals surface area (Å²) in [7, 11) is 1.63. The standard InChI is InChI=1S/C21H24Cl2N4O2/c1-25(14-20(28)24-18-8-4-2-6-16(18)22)21(29)15-26-10-12-27(13-11-26)19-9-5-3-7-17(19)23/h2-9H,10-15H2,1H3,(H,24,28). The van der Waals surface area contributed by atoms with E-state index in [-0.39, 0.29) is 24.9 Å². The Morgan fingerprint density at radius 3 is 2.24 bits per heavy atom. The molecular formula is C21H24Cl2N4O2. The van der Waals surface area contributed by atoms with Crippen LogP contribution < -0.4 is 10.2 Å². The summed E-state index contributed by atoms with van der Waals surface area (Å²) in [5, 5.41) is 3.93. The third-order valence-electron chi connectivity index (χ3n) is 4.88. The monoisotopic (exact) mass is 434 g/mol. The summed E-state index contributed by atoms with van der Waals surface area (Å²) in [5.41, 5.74) is 1.56. The molecule has 2 aromatic rings. The highest BCUT2D eigenvalue weighted by Crippen LogP contribution is 2.26. The number of hydrogen-bond donors (Lipinski definition) is 1. The van der Waals surface area contributed by atoms with E-state index in [1.807, 2.05) is 24.3 Å². The number of nitrogens with one attached hydrogen (secondary N) is 1. The molecule has 3 rings (SSSR count). The molecule has 0 bridgehead atoms. The van der Waals surface area contributed by atoms with Crippen LogP contribution in [-0.4, -0.2) is 67.9 Å². The second-order valence-electron chi connectivity index (χ2n) is 6.99. The van der Waals surface area contributed by atoms with Gasteiger partial charge in [0.15, 0.2) is 0 Å². The zero-order valence-electron chi connectivity index (χ0n) is 16.3. The van der Waals surface area contributed by atoms with Crippen molar-refractivity contribution in [2.75, 3.05) is 56.5 Å². The van der Waals surface area contributed by atoms with E-state index in [9.17, 15) is 9.59 Å². The van der Waals surface area contributed by atoms with E-state index in [1.165, 1.54) is 4.90 Å². The smallest absolute Gasteiger partial charge is 0.244 e. The van der Waals surface area contributed by atoms with Gasteiger partial charge in [0, 0.05) is 33.2 Å². The van der Waals surface area contributed by atoms with Crippen molar-refractivity contribution in [3.63, 3.8) is 0 Å². The molecule has 0 aliphatic carbocycles. The highest BCUT2D eigenvalue weighted by Gasteiger charge is 2.22. The Bertz CT molecular complexity index is 869. The maximum atomic E-state index is 12.5. The van der Waals surface area contributed by atoms with Crippen molar-refractivity contribution in [3.05, 3.63) is 58.6 Å². The van der Waals surface area contributed by atoms with Crippen LogP contribution in [0.2, 0.25) is 10.0 Å². The summed E-state index contributed by atoms with van der Waals surface area (Å²) in [6.07, 6.45) is 0. The number of halogens is 2. The molecule has 2 aromatic carbocycles. The number of carbonyl (C=O) groups excluding carboxylic acids is 2. The Morgan fingerprint density at radius 1 is 0.966 bits per heavy atom. The van der Waals surface area contributed by atoms with E-state index in [4.69, 9.17) is 23.2 Å². The Balaban J connectivity index is 1.45. The number of carbonyl (C=O) groups is 2. The quantitative estimate of drug-likeness (QED) is 0.757. The lowest BCUT2D eigenvalue weighted by Gasteiger charge is -2.36. The van der Waals surface area contributed by atoms with Gasteiger partial charge in [0.05, 0.1) is 34.5 Å². The molecule has 2 amide bonds. The molecule has 6 nitrogen and oxygen atoms in total. The Morgan fingerprint density at radius 2 is 1.59 bits per heavy atom. The number of anilines is 2. The minimum atomic E-state index is -0.280. The zero-order valence-corrected chi connectivity index (χ0v) is 17.8. The molecule has 1 heterocycles. The van der Waals surface area contributed by atoms with Crippen LogP contribution in [0, 0.1) is 0 Å². The fourth-order valence-corrected chi connectivity index (χ4v) is 3.66. The van der Waals surface area contributed by atoms with Crippen LogP contribution in [0.3, 0.4) is 0 Å². The van der Waals surface area contributed by atoms with E-state index in [0.717, 1.165) is 36.9 Å². The molecule has 0 aromatic heterocycles. The van der Waals surface area contributed by atoms with Crippen molar-refractivity contribution in [1.82, 2.24) is 9.80 Å². The van der Waals surface area contributed by atoms with Gasteiger partial charge in [-0.3, -0.25) is 14.5 Å². The van der Waals surface area contributed by atoms with Crippen molar-refractivity contribution in [2.24, 2.45) is 0 Å². The number of likely N-dealkylation sites (N-methyl/N-ethyl adjacent to an activating group) is 1. The van der Waals surface area contributed by atoms with Crippen LogP contribution in [0.4, 0.5) is 11.4 Å². The molecule has 1 aliphatic heterocycles. The van der Waals surface area contributed by atoms with Crippen LogP contribution in [0.1, 0.15) is 0 Å². The predicted octanol–water partition coefficient (Wildman–Crippen LogP) is 3.21. The molecule has 0 radical (unpaired) electrons. The molecule has 0 unspecified atom stereocenters. The average Bonchev–Trinajstić information content (AvgIpc) is 2.71. The van der Waals surface area contributed by atoms with E-state index in [2.05, 4.69) is 15.1 Å². The molecule has 8 heteroatoms. The highest BCUT2D eigenvalue weighted by atomic mass is 35.5. The van der Waals surface area contributed by atoms with Gasteiger partial charge < -0.3 is 15.1 Å². The third kappa shape index (κ3) is 5.85. The van der Waals surface area contributed by atoms with E-state index >= 15 is 0 Å². The minimum absolute atomic E-state index is 0.0242. The zero-order chi connectivity index (χ0) is 20.8. The van der Waals surface area contributed by atoms with Gasteiger partial charge >= 0.3 is 0 Å². The Hall–Kier alpha value is -2.28. The van der Waals surface area contributed by atoms with Crippen molar-refractivity contribution in [2.45, 2.75) is 0 Å². The Labute approximate surface area is 181 Å². The maximum Gasteiger partial charge on any atom is 0.244 e. The maximum absolute atomic E-state index is 12.5. The summed E-state index contributed by atoms with van der Waals surface area (Å²) < 4.78 is 0. The minimum Gasteiger partial charge on any atom is -0.368 e. The molecule has 1 N–H and O–H groups in total. The first-order valence-electron chi connectivity index (χ1n) is 9.44. The summed E-state index contributed by atoms with van der Waals surface area (Å²) in [6.45, 7) is 3.38. The van der Waals surface area contributed by atoms with Crippen LogP contribution in [0.5, 0.6) is 0 Å². The van der Waals surface area contributed by atoms with Crippen LogP contribution in [-0.2, 0) is 9.59 Å². The lowest BCUT2D eigenvalue weighted by atomic mass is 10.2. The lowest BCUT2D eigenvalue weighted by Crippen LogP contribution is -2.50. The van der Waals surface area contributed by atoms with Gasteiger partial charge in [0.1, 0.15) is 0 Å². The van der Waals surface area contributed by atoms with E-state index in [1.54, 1.807) is 31.3 Å². The van der Waals surface area contributed by atoms with Crippen LogP contribution >= 0.6 is 23.2 Å².